The van der Waals surface area contributed by atoms with Gasteiger partial charge in [-0.2, -0.15) is 0 Å². The number of aryl methyl sites for hydroxylation is 2. The van der Waals surface area contributed by atoms with E-state index in [2.05, 4.69) is 0 Å². The molecule has 0 saturated carbocycles. The van der Waals surface area contributed by atoms with Crippen LogP contribution in [0.4, 0.5) is 0 Å². The van der Waals surface area contributed by atoms with Crippen molar-refractivity contribution in [3.8, 4) is 0 Å². The first-order chi connectivity index (χ1) is 12.6. The molecular weight excluding hydrogens is 586 g/mol. The number of hydrogen-bond donors (Lipinski definition) is 0. The van der Waals surface area contributed by atoms with Crippen LogP contribution in [-0.2, 0) is 22.6 Å². The third-order valence-electron chi connectivity index (χ3n) is 3.82. The van der Waals surface area contributed by atoms with Crippen LogP contribution in [0.3, 0.4) is 0 Å². The molecule has 8 heteroatoms. The minimum absolute atomic E-state index is 0. The maximum atomic E-state index is 11.8. The average Bonchev–Trinajstić information content (AvgIpc) is 2.66. The summed E-state index contributed by atoms with van der Waals surface area (Å²) in [5.74, 6) is -0.596. The lowest BCUT2D eigenvalue weighted by Gasteiger charge is -2.02. The van der Waals surface area contributed by atoms with E-state index < -0.39 is 0 Å². The molecule has 0 radical (unpaired) electrons. The third kappa shape index (κ3) is 8.80. The fourth-order valence-corrected chi connectivity index (χ4v) is 2.58. The number of ether oxygens (including phenoxy) is 2. The van der Waals surface area contributed by atoms with Crippen molar-refractivity contribution in [1.29, 1.82) is 0 Å². The van der Waals surface area contributed by atoms with Gasteiger partial charge in [-0.25, -0.2) is 18.7 Å². The van der Waals surface area contributed by atoms with Crippen molar-refractivity contribution in [2.24, 2.45) is 0 Å². The number of hydrogen-bond acceptors (Lipinski definition) is 4. The van der Waals surface area contributed by atoms with Gasteiger partial charge >= 0.3 is 11.9 Å². The fraction of sp³-hybridized carbons (Fsp3) is 0.400. The highest BCUT2D eigenvalue weighted by Crippen LogP contribution is 2.00. The molecule has 0 fully saturated rings. The van der Waals surface area contributed by atoms with E-state index in [0.29, 0.717) is 24.3 Å². The summed E-state index contributed by atoms with van der Waals surface area (Å²) in [7, 11) is 0. The van der Waals surface area contributed by atoms with Crippen molar-refractivity contribution in [2.45, 2.75) is 39.8 Å². The summed E-state index contributed by atoms with van der Waals surface area (Å²) < 4.78 is 14.0. The number of pyridine rings is 2. The Labute approximate surface area is 200 Å². The van der Waals surface area contributed by atoms with E-state index in [4.69, 9.17) is 9.47 Å². The van der Waals surface area contributed by atoms with E-state index in [-0.39, 0.29) is 59.9 Å². The molecule has 0 aliphatic heterocycles. The molecule has 0 atom stereocenters. The molecule has 154 valence electrons. The van der Waals surface area contributed by atoms with Gasteiger partial charge in [0.1, 0.15) is 24.2 Å². The van der Waals surface area contributed by atoms with E-state index in [9.17, 15) is 9.59 Å². The van der Waals surface area contributed by atoms with Crippen LogP contribution in [0, 0.1) is 0 Å². The molecule has 0 saturated heterocycles. The van der Waals surface area contributed by atoms with E-state index in [1.54, 1.807) is 26.0 Å². The molecule has 2 heterocycles. The van der Waals surface area contributed by atoms with Crippen LogP contribution in [0.2, 0.25) is 0 Å². The van der Waals surface area contributed by atoms with E-state index in [1.165, 1.54) is 0 Å². The molecule has 2 aromatic rings. The first kappa shape index (κ1) is 26.7. The van der Waals surface area contributed by atoms with Gasteiger partial charge in [0.25, 0.3) is 0 Å². The predicted octanol–water partition coefficient (Wildman–Crippen LogP) is -3.90. The first-order valence-electron chi connectivity index (χ1n) is 8.96. The summed E-state index contributed by atoms with van der Waals surface area (Å²) in [5.41, 5.74) is 1.12. The predicted molar refractivity (Wildman–Crippen MR) is 94.4 cm³/mol. The highest BCUT2D eigenvalue weighted by Gasteiger charge is 2.13. The maximum Gasteiger partial charge on any atom is 0.344 e. The number of aromatic nitrogens is 2. The topological polar surface area (TPSA) is 60.4 Å². The van der Waals surface area contributed by atoms with Gasteiger partial charge < -0.3 is 57.4 Å². The zero-order chi connectivity index (χ0) is 18.8. The van der Waals surface area contributed by atoms with Gasteiger partial charge in [0.15, 0.2) is 24.8 Å². The molecule has 0 aliphatic rings. The highest BCUT2D eigenvalue weighted by molar-refractivity contribution is 5.89. The van der Waals surface area contributed by atoms with Crippen molar-refractivity contribution in [2.75, 3.05) is 13.2 Å². The SMILES string of the molecule is CCOC(=O)c1ccc[n+](CCCC[n+]2cccc(C(=O)OCC)c2)c1.[I-].[I-]. The minimum atomic E-state index is -0.298. The Balaban J connectivity index is 0.00000364. The van der Waals surface area contributed by atoms with Gasteiger partial charge in [0.05, 0.1) is 13.2 Å². The first-order valence-corrected chi connectivity index (χ1v) is 8.96. The van der Waals surface area contributed by atoms with Gasteiger partial charge in [0, 0.05) is 25.0 Å². The second-order valence-electron chi connectivity index (χ2n) is 5.81. The summed E-state index contributed by atoms with van der Waals surface area (Å²) in [6.45, 7) is 5.95. The van der Waals surface area contributed by atoms with Crippen LogP contribution in [0.5, 0.6) is 0 Å². The molecule has 0 aromatic carbocycles. The molecule has 0 aliphatic carbocycles. The van der Waals surface area contributed by atoms with Crippen molar-refractivity contribution >= 4 is 11.9 Å². The number of nitrogens with zero attached hydrogens (tertiary/aromatic N) is 2. The normalized spacial score (nSPS) is 9.64. The molecule has 2 aromatic heterocycles. The van der Waals surface area contributed by atoms with Gasteiger partial charge in [-0.05, 0) is 26.0 Å². The molecule has 0 bridgehead atoms. The molecule has 0 amide bonds. The number of carbonyl (C=O) groups is 2. The van der Waals surface area contributed by atoms with Crippen molar-refractivity contribution in [3.05, 3.63) is 60.2 Å². The van der Waals surface area contributed by atoms with Crippen LogP contribution < -0.4 is 57.1 Å². The Morgan fingerprint density at radius 3 is 1.54 bits per heavy atom. The maximum absolute atomic E-state index is 11.8. The van der Waals surface area contributed by atoms with E-state index in [1.807, 2.05) is 46.1 Å². The second kappa shape index (κ2) is 14.7. The second-order valence-corrected chi connectivity index (χ2v) is 5.81. The Morgan fingerprint density at radius 1 is 0.786 bits per heavy atom. The van der Waals surface area contributed by atoms with Gasteiger partial charge in [-0.3, -0.25) is 0 Å². The zero-order valence-electron chi connectivity index (χ0n) is 16.1. The summed E-state index contributed by atoms with van der Waals surface area (Å²) in [6, 6.07) is 7.21. The number of unbranched alkanes of at least 4 members (excludes halogenated alkanes) is 1. The largest absolute Gasteiger partial charge is 1.00 e. The Kier molecular flexibility index (Phi) is 14.0. The number of esters is 2. The lowest BCUT2D eigenvalue weighted by molar-refractivity contribution is -0.708. The lowest BCUT2D eigenvalue weighted by Crippen LogP contribution is -3.00. The van der Waals surface area contributed by atoms with E-state index >= 15 is 0 Å². The lowest BCUT2D eigenvalue weighted by atomic mass is 10.2. The number of rotatable bonds is 9. The third-order valence-corrected chi connectivity index (χ3v) is 3.82. The molecule has 0 unspecified atom stereocenters. The molecule has 2 rings (SSSR count). The number of halogens is 2. The molecule has 6 nitrogen and oxygen atoms in total. The average molecular weight is 612 g/mol. The van der Waals surface area contributed by atoms with E-state index in [0.717, 1.165) is 25.9 Å². The quantitative estimate of drug-likeness (QED) is 0.126. The van der Waals surface area contributed by atoms with Crippen LogP contribution in [-0.4, -0.2) is 25.2 Å². The van der Waals surface area contributed by atoms with Crippen molar-refractivity contribution in [3.63, 3.8) is 0 Å². The van der Waals surface area contributed by atoms with Crippen LogP contribution in [0.1, 0.15) is 47.4 Å². The standard InChI is InChI=1S/C20H26N2O4.2HI/c1-3-25-19(23)17-9-7-13-21(15-17)11-5-6-12-22-14-8-10-18(16-22)20(24)26-4-2;;/h7-10,13-16H,3-6,11-12H2,1-2H3;2*1H/q+2;;/p-2. The molecule has 0 spiro atoms. The smallest absolute Gasteiger partial charge is 0.344 e. The van der Waals surface area contributed by atoms with Crippen LogP contribution in [0.25, 0.3) is 0 Å². The summed E-state index contributed by atoms with van der Waals surface area (Å²) in [6.07, 6.45) is 9.41. The highest BCUT2D eigenvalue weighted by atomic mass is 127. The minimum Gasteiger partial charge on any atom is -1.00 e. The van der Waals surface area contributed by atoms with Crippen molar-refractivity contribution in [1.82, 2.24) is 0 Å². The molecular formula is C20H26I2N2O4. The summed E-state index contributed by atoms with van der Waals surface area (Å²) >= 11 is 0. The van der Waals surface area contributed by atoms with Crippen molar-refractivity contribution < 1.29 is 76.2 Å². The number of carbonyl (C=O) groups excluding carboxylic acids is 2. The van der Waals surface area contributed by atoms with Crippen LogP contribution >= 0.6 is 0 Å². The van der Waals surface area contributed by atoms with Gasteiger partial charge in [-0.1, -0.05) is 0 Å². The Morgan fingerprint density at radius 2 is 1.18 bits per heavy atom. The van der Waals surface area contributed by atoms with Gasteiger partial charge in [-0.15, -0.1) is 0 Å². The Hall–Kier alpha value is -1.30. The fourth-order valence-electron chi connectivity index (χ4n) is 2.58. The monoisotopic (exact) mass is 612 g/mol. The Bertz CT molecular complexity index is 693. The summed E-state index contributed by atoms with van der Waals surface area (Å²) in [4.78, 5) is 23.5. The van der Waals surface area contributed by atoms with Crippen LogP contribution in [0.15, 0.2) is 49.1 Å². The molecule has 28 heavy (non-hydrogen) atoms. The molecule has 0 N–H and O–H groups in total. The summed E-state index contributed by atoms with van der Waals surface area (Å²) in [5, 5.41) is 0. The zero-order valence-corrected chi connectivity index (χ0v) is 20.5. The van der Waals surface area contributed by atoms with Gasteiger partial charge in [0.2, 0.25) is 0 Å².